The minimum absolute atomic E-state index is 0.337. The van der Waals surface area contributed by atoms with E-state index in [1.54, 1.807) is 0 Å². The van der Waals surface area contributed by atoms with Gasteiger partial charge in [0.1, 0.15) is 5.82 Å². The number of fused-ring (bicyclic) bond motifs is 1. The molecule has 7 heteroatoms. The maximum Gasteiger partial charge on any atom is 0.200 e. The molecule has 0 aromatic carbocycles. The van der Waals surface area contributed by atoms with E-state index in [2.05, 4.69) is 51.6 Å². The third kappa shape index (κ3) is 3.47. The van der Waals surface area contributed by atoms with Crippen molar-refractivity contribution < 1.29 is 0 Å². The van der Waals surface area contributed by atoms with E-state index < -0.39 is 0 Å². The summed E-state index contributed by atoms with van der Waals surface area (Å²) < 4.78 is 1.44. The fraction of sp³-hybridized carbons (Fsp3) is 0.714. The number of nitrogens with one attached hydrogen (secondary N) is 1. The maximum absolute atomic E-state index is 4.35. The van der Waals surface area contributed by atoms with E-state index in [4.69, 9.17) is 0 Å². The highest BCUT2D eigenvalue weighted by Gasteiger charge is 2.22. The first-order valence-corrected chi connectivity index (χ1v) is 7.64. The number of piperidine rings is 1. The second kappa shape index (κ2) is 5.93. The molecule has 1 aliphatic heterocycles. The summed E-state index contributed by atoms with van der Waals surface area (Å²) in [6.45, 7) is 10.3. The molecular weight excluding hydrogens is 266 g/mol. The lowest BCUT2D eigenvalue weighted by atomic mass is 9.92. The molecule has 7 nitrogen and oxygen atoms in total. The molecule has 0 amide bonds. The van der Waals surface area contributed by atoms with Gasteiger partial charge in [-0.05, 0) is 47.7 Å². The van der Waals surface area contributed by atoms with Gasteiger partial charge in [-0.1, -0.05) is 13.8 Å². The van der Waals surface area contributed by atoms with Gasteiger partial charge < -0.3 is 10.2 Å². The smallest absolute Gasteiger partial charge is 0.200 e. The van der Waals surface area contributed by atoms with Crippen LogP contribution < -0.4 is 5.32 Å². The first kappa shape index (κ1) is 14.2. The predicted molar refractivity (Wildman–Crippen MR) is 81.0 cm³/mol. The Morgan fingerprint density at radius 2 is 2.05 bits per heavy atom. The van der Waals surface area contributed by atoms with Crippen molar-refractivity contribution in [3.63, 3.8) is 0 Å². The summed E-state index contributed by atoms with van der Waals surface area (Å²) in [5, 5.41) is 19.0. The Morgan fingerprint density at radius 1 is 1.29 bits per heavy atom. The van der Waals surface area contributed by atoms with Crippen LogP contribution in [0.5, 0.6) is 0 Å². The molecule has 2 aromatic heterocycles. The molecular formula is C14H23N7. The maximum atomic E-state index is 4.35. The first-order chi connectivity index (χ1) is 10.1. The average Bonchev–Trinajstić information content (AvgIpc) is 2.84. The topological polar surface area (TPSA) is 71.2 Å². The van der Waals surface area contributed by atoms with Crippen LogP contribution in [0.25, 0.3) is 5.65 Å². The molecule has 1 aliphatic rings. The van der Waals surface area contributed by atoms with Gasteiger partial charge in [-0.25, -0.2) is 0 Å². The van der Waals surface area contributed by atoms with Crippen molar-refractivity contribution in [2.45, 2.75) is 33.2 Å². The van der Waals surface area contributed by atoms with E-state index >= 15 is 0 Å². The number of aromatic nitrogens is 5. The van der Waals surface area contributed by atoms with Crippen LogP contribution >= 0.6 is 0 Å². The molecule has 1 saturated heterocycles. The number of rotatable bonds is 4. The van der Waals surface area contributed by atoms with Gasteiger partial charge in [0.25, 0.3) is 0 Å². The zero-order valence-electron chi connectivity index (χ0n) is 12.9. The van der Waals surface area contributed by atoms with Crippen LogP contribution in [0.4, 0.5) is 5.82 Å². The second-order valence-electron chi connectivity index (χ2n) is 6.46. The molecule has 3 atom stereocenters. The van der Waals surface area contributed by atoms with E-state index in [0.717, 1.165) is 24.2 Å². The van der Waals surface area contributed by atoms with E-state index in [1.807, 2.05) is 12.1 Å². The molecule has 3 unspecified atom stereocenters. The van der Waals surface area contributed by atoms with Crippen molar-refractivity contribution in [2.75, 3.05) is 25.0 Å². The van der Waals surface area contributed by atoms with Crippen molar-refractivity contribution in [2.24, 2.45) is 11.8 Å². The number of likely N-dealkylation sites (tertiary alicyclic amines) is 1. The lowest BCUT2D eigenvalue weighted by molar-refractivity contribution is 0.138. The number of nitrogens with zero attached hydrogens (tertiary/aromatic N) is 6. The largest absolute Gasteiger partial charge is 0.365 e. The Bertz CT molecular complexity index is 586. The van der Waals surface area contributed by atoms with Gasteiger partial charge in [0, 0.05) is 25.7 Å². The minimum Gasteiger partial charge on any atom is -0.365 e. The summed E-state index contributed by atoms with van der Waals surface area (Å²) in [5.41, 5.74) is 0.659. The van der Waals surface area contributed by atoms with E-state index in [0.29, 0.717) is 11.7 Å². The standard InChI is InChI=1S/C14H23N7/c1-10-6-11(2)8-20(7-10)9-12(3)15-13-4-5-14-16-18-19-21(14)17-13/h4-5,10-12H,6-9H2,1-3H3,(H,15,17). The van der Waals surface area contributed by atoms with Gasteiger partial charge in [0.2, 0.25) is 0 Å². The zero-order valence-corrected chi connectivity index (χ0v) is 12.9. The summed E-state index contributed by atoms with van der Waals surface area (Å²) in [4.78, 5) is 2.55. The zero-order chi connectivity index (χ0) is 14.8. The minimum atomic E-state index is 0.337. The quantitative estimate of drug-likeness (QED) is 0.914. The molecule has 1 N–H and O–H groups in total. The molecule has 2 aromatic rings. The number of hydrogen-bond acceptors (Lipinski definition) is 6. The molecule has 0 bridgehead atoms. The Hall–Kier alpha value is -1.76. The van der Waals surface area contributed by atoms with Gasteiger partial charge in [-0.15, -0.1) is 14.8 Å². The monoisotopic (exact) mass is 289 g/mol. The van der Waals surface area contributed by atoms with Crippen molar-refractivity contribution in [1.82, 2.24) is 30.2 Å². The van der Waals surface area contributed by atoms with E-state index in [-0.39, 0.29) is 0 Å². The molecule has 3 heterocycles. The highest BCUT2D eigenvalue weighted by atomic mass is 15.6. The van der Waals surface area contributed by atoms with E-state index in [1.165, 1.54) is 24.1 Å². The molecule has 0 aliphatic carbocycles. The van der Waals surface area contributed by atoms with Crippen LogP contribution in [-0.4, -0.2) is 55.8 Å². The lowest BCUT2D eigenvalue weighted by Crippen LogP contribution is -2.43. The lowest BCUT2D eigenvalue weighted by Gasteiger charge is -2.36. The van der Waals surface area contributed by atoms with Crippen molar-refractivity contribution in [3.8, 4) is 0 Å². The molecule has 3 rings (SSSR count). The normalized spacial score (nSPS) is 25.1. The van der Waals surface area contributed by atoms with Crippen LogP contribution in [0.1, 0.15) is 27.2 Å². The molecule has 0 saturated carbocycles. The first-order valence-electron chi connectivity index (χ1n) is 7.64. The number of tetrazole rings is 1. The third-order valence-electron chi connectivity index (χ3n) is 3.94. The highest BCUT2D eigenvalue weighted by molar-refractivity contribution is 5.42. The van der Waals surface area contributed by atoms with Crippen molar-refractivity contribution in [1.29, 1.82) is 0 Å². The summed E-state index contributed by atoms with van der Waals surface area (Å²) in [7, 11) is 0. The predicted octanol–water partition coefficient (Wildman–Crippen LogP) is 1.30. The Labute approximate surface area is 124 Å². The third-order valence-corrected chi connectivity index (χ3v) is 3.94. The fourth-order valence-electron chi connectivity index (χ4n) is 3.35. The van der Waals surface area contributed by atoms with Gasteiger partial charge in [0.15, 0.2) is 5.65 Å². The summed E-state index contributed by atoms with van der Waals surface area (Å²) in [6, 6.07) is 4.13. The summed E-state index contributed by atoms with van der Waals surface area (Å²) in [6.07, 6.45) is 1.34. The van der Waals surface area contributed by atoms with Crippen LogP contribution in [0.3, 0.4) is 0 Å². The SMILES string of the molecule is CC1CC(C)CN(CC(C)Nc2ccc3nnnn3n2)C1. The molecule has 0 spiro atoms. The Balaban J connectivity index is 1.59. The van der Waals surface area contributed by atoms with Crippen LogP contribution in [0, 0.1) is 11.8 Å². The fourth-order valence-corrected chi connectivity index (χ4v) is 3.35. The van der Waals surface area contributed by atoms with Crippen molar-refractivity contribution in [3.05, 3.63) is 12.1 Å². The number of anilines is 1. The molecule has 0 radical (unpaired) electrons. The van der Waals surface area contributed by atoms with Gasteiger partial charge in [0.05, 0.1) is 0 Å². The Morgan fingerprint density at radius 3 is 2.81 bits per heavy atom. The van der Waals surface area contributed by atoms with Crippen molar-refractivity contribution >= 4 is 11.5 Å². The summed E-state index contributed by atoms with van der Waals surface area (Å²) >= 11 is 0. The van der Waals surface area contributed by atoms with Crippen LogP contribution in [0.15, 0.2) is 12.1 Å². The molecule has 114 valence electrons. The van der Waals surface area contributed by atoms with Gasteiger partial charge in [-0.2, -0.15) is 0 Å². The highest BCUT2D eigenvalue weighted by Crippen LogP contribution is 2.21. The van der Waals surface area contributed by atoms with Crippen LogP contribution in [-0.2, 0) is 0 Å². The Kier molecular flexibility index (Phi) is 4.01. The van der Waals surface area contributed by atoms with Gasteiger partial charge >= 0.3 is 0 Å². The van der Waals surface area contributed by atoms with Gasteiger partial charge in [-0.3, -0.25) is 0 Å². The average molecular weight is 289 g/mol. The van der Waals surface area contributed by atoms with Crippen LogP contribution in [0.2, 0.25) is 0 Å². The van der Waals surface area contributed by atoms with E-state index in [9.17, 15) is 0 Å². The second-order valence-corrected chi connectivity index (χ2v) is 6.46. The molecule has 21 heavy (non-hydrogen) atoms. The molecule has 1 fully saturated rings. The number of hydrogen-bond donors (Lipinski definition) is 1. The summed E-state index contributed by atoms with van der Waals surface area (Å²) in [5.74, 6) is 2.38.